The lowest BCUT2D eigenvalue weighted by Crippen LogP contribution is -2.47. The van der Waals surface area contributed by atoms with Gasteiger partial charge in [-0.05, 0) is 71.8 Å². The van der Waals surface area contributed by atoms with Crippen molar-refractivity contribution in [2.24, 2.45) is 5.41 Å². The first-order valence-corrected chi connectivity index (χ1v) is 19.4. The van der Waals surface area contributed by atoms with E-state index in [-0.39, 0.29) is 30.1 Å². The Kier molecular flexibility index (Phi) is 11.3. The Bertz CT molecular complexity index is 2320. The molecule has 0 spiro atoms. The van der Waals surface area contributed by atoms with Crippen molar-refractivity contribution < 1.29 is 19.2 Å². The number of fused-ring (bicyclic) bond motifs is 1. The zero-order chi connectivity index (χ0) is 40.3. The number of hydrogen-bond acceptors (Lipinski definition) is 9. The molecule has 2 saturated heterocycles. The average Bonchev–Trinajstić information content (AvgIpc) is 3.63. The van der Waals surface area contributed by atoms with Crippen molar-refractivity contribution in [3.63, 3.8) is 0 Å². The molecule has 7 rings (SSSR count). The maximum absolute atomic E-state index is 12.4. The molecular formula is C44H49N9O4. The Hall–Kier alpha value is -6.21. The van der Waals surface area contributed by atoms with Crippen LogP contribution in [0.3, 0.4) is 0 Å². The summed E-state index contributed by atoms with van der Waals surface area (Å²) >= 11 is 0. The number of amides is 4. The Balaban J connectivity index is 0.923. The summed E-state index contributed by atoms with van der Waals surface area (Å²) in [6.45, 7) is 12.3. The van der Waals surface area contributed by atoms with Crippen LogP contribution < -0.4 is 20.9 Å². The van der Waals surface area contributed by atoms with Gasteiger partial charge in [-0.15, -0.1) is 0 Å². The number of pyridine rings is 1. The minimum atomic E-state index is -0.855. The van der Waals surface area contributed by atoms with Crippen molar-refractivity contribution >= 4 is 46.2 Å². The largest absolute Gasteiger partial charge is 0.369 e. The Morgan fingerprint density at radius 2 is 1.61 bits per heavy atom. The topological polar surface area (TPSA) is 176 Å². The van der Waals surface area contributed by atoms with Crippen LogP contribution in [-0.4, -0.2) is 82.3 Å². The van der Waals surface area contributed by atoms with Crippen LogP contribution in [0.2, 0.25) is 0 Å². The smallest absolute Gasteiger partial charge is 0.314 e. The zero-order valence-corrected chi connectivity index (χ0v) is 32.9. The first-order valence-electron chi connectivity index (χ1n) is 19.4. The summed E-state index contributed by atoms with van der Waals surface area (Å²) in [5.41, 5.74) is 9.08. The maximum Gasteiger partial charge on any atom is 0.314 e. The fourth-order valence-electron chi connectivity index (χ4n) is 7.25. The van der Waals surface area contributed by atoms with Gasteiger partial charge in [-0.3, -0.25) is 39.9 Å². The van der Waals surface area contributed by atoms with Gasteiger partial charge in [-0.1, -0.05) is 69.3 Å². The standard InChI is InChI=1S/C44H49N9O4/c1-27-23-31(9-10-32(27)25-47-41(56)42(57)49-43(45)44(2,3)4)38-36-24-33(26-46-39(36)51-50-38)29-11-13-34(14-12-29)53-21-19-52(20-22-53)18-17-28-5-7-30(8-6-28)35-15-16-37(54)48-40(35)55/h5-14,23-24,26,35H,15-22,25H2,1-4H3,(H,47,56)(H2,45,49,57)(H,46,50,51)(H,48,54,55). The van der Waals surface area contributed by atoms with Crippen LogP contribution in [0.4, 0.5) is 5.69 Å². The number of imide groups is 1. The SMILES string of the molecule is Cc1cc(-c2[nH]nc3ncc(-c4ccc(N5CCN(CCc6ccc(C7CCC(=O)NC7=O)cc6)CC5)cc4)cc23)ccc1CNC(=O)C(=O)NC(=N)C(C)(C)C. The van der Waals surface area contributed by atoms with E-state index in [1.54, 1.807) is 20.8 Å². The van der Waals surface area contributed by atoms with Crippen LogP contribution >= 0.6 is 0 Å². The maximum atomic E-state index is 12.4. The molecular weight excluding hydrogens is 719 g/mol. The second-order valence-corrected chi connectivity index (χ2v) is 16.0. The van der Waals surface area contributed by atoms with Gasteiger partial charge in [0.1, 0.15) is 5.84 Å². The van der Waals surface area contributed by atoms with E-state index in [1.807, 2.05) is 43.5 Å². The third-order valence-electron chi connectivity index (χ3n) is 11.0. The second kappa shape index (κ2) is 16.5. The molecule has 0 aliphatic carbocycles. The summed E-state index contributed by atoms with van der Waals surface area (Å²) in [7, 11) is 0. The van der Waals surface area contributed by atoms with Crippen LogP contribution in [0, 0.1) is 17.7 Å². The van der Waals surface area contributed by atoms with Crippen LogP contribution in [0.5, 0.6) is 0 Å². The number of H-pyrrole nitrogens is 1. The first-order chi connectivity index (χ1) is 27.3. The van der Waals surface area contributed by atoms with E-state index >= 15 is 0 Å². The van der Waals surface area contributed by atoms with Crippen molar-refractivity contribution in [2.75, 3.05) is 37.6 Å². The van der Waals surface area contributed by atoms with Crippen LogP contribution in [0.1, 0.15) is 61.8 Å². The molecule has 0 saturated carbocycles. The predicted molar refractivity (Wildman–Crippen MR) is 221 cm³/mol. The number of hydrogen-bond donors (Lipinski definition) is 5. The van der Waals surface area contributed by atoms with Gasteiger partial charge in [0.25, 0.3) is 0 Å². The molecule has 1 unspecified atom stereocenters. The number of rotatable bonds is 9. The normalized spacial score (nSPS) is 16.4. The number of anilines is 1. The highest BCUT2D eigenvalue weighted by molar-refractivity contribution is 6.38. The first kappa shape index (κ1) is 39.0. The molecule has 2 aliphatic heterocycles. The number of nitrogens with zero attached hydrogens (tertiary/aromatic N) is 4. The van der Waals surface area contributed by atoms with Crippen molar-refractivity contribution in [2.45, 2.75) is 59.4 Å². The summed E-state index contributed by atoms with van der Waals surface area (Å²) in [4.78, 5) is 58.0. The van der Waals surface area contributed by atoms with Gasteiger partial charge in [0.05, 0.1) is 11.6 Å². The number of carbonyl (C=O) groups is 4. The molecule has 0 bridgehead atoms. The van der Waals surface area contributed by atoms with Gasteiger partial charge in [0.15, 0.2) is 5.65 Å². The molecule has 3 aromatic carbocycles. The Morgan fingerprint density at radius 1 is 0.895 bits per heavy atom. The number of piperidine rings is 1. The molecule has 5 N–H and O–H groups in total. The highest BCUT2D eigenvalue weighted by Crippen LogP contribution is 2.32. The lowest BCUT2D eigenvalue weighted by molar-refractivity contribution is -0.138. The number of aromatic amines is 1. The van der Waals surface area contributed by atoms with Gasteiger partial charge < -0.3 is 15.5 Å². The molecule has 57 heavy (non-hydrogen) atoms. The molecule has 2 aromatic heterocycles. The highest BCUT2D eigenvalue weighted by atomic mass is 16.2. The van der Waals surface area contributed by atoms with Crippen LogP contribution in [-0.2, 0) is 32.1 Å². The van der Waals surface area contributed by atoms with E-state index in [0.717, 1.165) is 83.6 Å². The minimum absolute atomic E-state index is 0.0156. The van der Waals surface area contributed by atoms with Gasteiger partial charge >= 0.3 is 11.8 Å². The molecule has 294 valence electrons. The fraction of sp³-hybridized carbons (Fsp3) is 0.341. The molecule has 13 nitrogen and oxygen atoms in total. The van der Waals surface area contributed by atoms with Crippen LogP contribution in [0.15, 0.2) is 79.0 Å². The molecule has 2 aliphatic rings. The third-order valence-corrected chi connectivity index (χ3v) is 11.0. The monoisotopic (exact) mass is 767 g/mol. The van der Waals surface area contributed by atoms with E-state index in [1.165, 1.54) is 11.3 Å². The summed E-state index contributed by atoms with van der Waals surface area (Å²) in [5.74, 6) is -2.30. The number of amidine groups is 1. The van der Waals surface area contributed by atoms with Gasteiger partial charge in [0.2, 0.25) is 11.8 Å². The lowest BCUT2D eigenvalue weighted by atomic mass is 9.90. The molecule has 0 radical (unpaired) electrons. The van der Waals surface area contributed by atoms with Crippen LogP contribution in [0.25, 0.3) is 33.4 Å². The van der Waals surface area contributed by atoms with E-state index < -0.39 is 17.2 Å². The van der Waals surface area contributed by atoms with Crippen molar-refractivity contribution in [1.82, 2.24) is 36.0 Å². The summed E-state index contributed by atoms with van der Waals surface area (Å²) < 4.78 is 0. The second-order valence-electron chi connectivity index (χ2n) is 16.0. The number of piperazine rings is 1. The van der Waals surface area contributed by atoms with E-state index in [4.69, 9.17) is 5.41 Å². The lowest BCUT2D eigenvalue weighted by Gasteiger charge is -2.36. The molecule has 2 fully saturated rings. The Labute approximate surface area is 332 Å². The van der Waals surface area contributed by atoms with E-state index in [0.29, 0.717) is 18.5 Å². The van der Waals surface area contributed by atoms with Gasteiger partial charge in [-0.2, -0.15) is 5.10 Å². The number of aromatic nitrogens is 3. The average molecular weight is 768 g/mol. The zero-order valence-electron chi connectivity index (χ0n) is 32.9. The van der Waals surface area contributed by atoms with Crippen molar-refractivity contribution in [3.05, 3.63) is 101 Å². The number of benzene rings is 3. The van der Waals surface area contributed by atoms with Gasteiger partial charge in [-0.25, -0.2) is 4.98 Å². The van der Waals surface area contributed by atoms with Crippen molar-refractivity contribution in [1.29, 1.82) is 5.41 Å². The van der Waals surface area contributed by atoms with E-state index in [2.05, 4.69) is 83.4 Å². The Morgan fingerprint density at radius 3 is 2.30 bits per heavy atom. The number of nitrogens with one attached hydrogen (secondary N) is 5. The van der Waals surface area contributed by atoms with Gasteiger partial charge in [0, 0.05) is 79.5 Å². The third kappa shape index (κ3) is 9.10. The summed E-state index contributed by atoms with van der Waals surface area (Å²) in [6, 6.07) is 24.9. The molecule has 13 heteroatoms. The fourth-order valence-corrected chi connectivity index (χ4v) is 7.25. The summed E-state index contributed by atoms with van der Waals surface area (Å²) in [5, 5.41) is 24.0. The number of aryl methyl sites for hydroxylation is 1. The van der Waals surface area contributed by atoms with Crippen molar-refractivity contribution in [3.8, 4) is 22.4 Å². The van der Waals surface area contributed by atoms with E-state index in [9.17, 15) is 19.2 Å². The molecule has 4 amide bonds. The highest BCUT2D eigenvalue weighted by Gasteiger charge is 2.28. The molecule has 4 heterocycles. The minimum Gasteiger partial charge on any atom is -0.369 e. The molecule has 1 atom stereocenters. The summed E-state index contributed by atoms with van der Waals surface area (Å²) in [6.07, 6.45) is 3.74. The number of carbonyl (C=O) groups excluding carboxylic acids is 4. The quantitative estimate of drug-likeness (QED) is 0.0586. The molecule has 5 aromatic rings. The predicted octanol–water partition coefficient (Wildman–Crippen LogP) is 5.24.